The second-order valence-corrected chi connectivity index (χ2v) is 2.93. The topological polar surface area (TPSA) is 35.5 Å². The average Bonchev–Trinajstić information content (AvgIpc) is 2.07. The minimum atomic E-state index is -0.501. The summed E-state index contributed by atoms with van der Waals surface area (Å²) >= 11 is 5.81. The quantitative estimate of drug-likeness (QED) is 0.544. The lowest BCUT2D eigenvalue weighted by atomic mass is 10.2. The summed E-state index contributed by atoms with van der Waals surface area (Å²) in [4.78, 5) is 19.5. The van der Waals surface area contributed by atoms with Crippen LogP contribution in [0.2, 0.25) is 5.02 Å². The molecule has 0 fully saturated rings. The van der Waals surface area contributed by atoms with Crippen LogP contribution in [0, 0.1) is 6.92 Å². The van der Waals surface area contributed by atoms with Crippen LogP contribution in [0.4, 0.5) is 0 Å². The van der Waals surface area contributed by atoms with E-state index in [1.165, 1.54) is 6.92 Å². The maximum Gasteiger partial charge on any atom is 0.352 e. The maximum atomic E-state index is 10.4. The normalized spacial score (nSPS) is 9.46. The number of hydrogen-bond donors (Lipinski definition) is 0. The molecule has 0 aliphatic heterocycles. The largest absolute Gasteiger partial charge is 0.352 e. The maximum absolute atomic E-state index is 10.4. The van der Waals surface area contributed by atoms with Gasteiger partial charge in [-0.15, -0.1) is 0 Å². The number of hydrogen-bond acceptors (Lipinski definition) is 3. The van der Waals surface area contributed by atoms with Crippen LogP contribution in [0.5, 0.6) is 5.75 Å². The first-order valence-electron chi connectivity index (χ1n) is 3.71. The molecule has 3 nitrogen and oxygen atoms in total. The molecule has 0 saturated carbocycles. The smallest absolute Gasteiger partial charge is 0.287 e. The van der Waals surface area contributed by atoms with Crippen molar-refractivity contribution >= 4 is 17.6 Å². The van der Waals surface area contributed by atoms with E-state index in [-0.39, 0.29) is 0 Å². The highest BCUT2D eigenvalue weighted by molar-refractivity contribution is 6.31. The van der Waals surface area contributed by atoms with Gasteiger partial charge in [0.2, 0.25) is 0 Å². The van der Waals surface area contributed by atoms with Crippen molar-refractivity contribution in [3.05, 3.63) is 28.8 Å². The predicted molar refractivity (Wildman–Crippen MR) is 48.6 cm³/mol. The molecule has 0 atom stereocenters. The second kappa shape index (κ2) is 4.14. The van der Waals surface area contributed by atoms with Gasteiger partial charge >= 0.3 is 5.97 Å². The van der Waals surface area contributed by atoms with Gasteiger partial charge in [0.25, 0.3) is 0 Å². The van der Waals surface area contributed by atoms with Crippen molar-refractivity contribution < 1.29 is 14.6 Å². The van der Waals surface area contributed by atoms with Gasteiger partial charge in [0.15, 0.2) is 5.75 Å². The van der Waals surface area contributed by atoms with Gasteiger partial charge in [0, 0.05) is 17.5 Å². The van der Waals surface area contributed by atoms with Gasteiger partial charge in [0.05, 0.1) is 0 Å². The molecular formula is C9H9ClO3. The molecular weight excluding hydrogens is 192 g/mol. The molecule has 0 amide bonds. The third-order valence-electron chi connectivity index (χ3n) is 1.47. The summed E-state index contributed by atoms with van der Waals surface area (Å²) in [6.07, 6.45) is 0. The zero-order valence-electron chi connectivity index (χ0n) is 7.33. The molecule has 0 saturated heterocycles. The lowest BCUT2D eigenvalue weighted by molar-refractivity contribution is -0.211. The van der Waals surface area contributed by atoms with E-state index in [4.69, 9.17) is 16.5 Å². The molecule has 0 bridgehead atoms. The Morgan fingerprint density at radius 2 is 2.15 bits per heavy atom. The van der Waals surface area contributed by atoms with Crippen LogP contribution in [0.15, 0.2) is 18.2 Å². The fourth-order valence-electron chi connectivity index (χ4n) is 0.782. The van der Waals surface area contributed by atoms with Crippen molar-refractivity contribution in [2.75, 3.05) is 0 Å². The third kappa shape index (κ3) is 2.63. The highest BCUT2D eigenvalue weighted by Gasteiger charge is 2.04. The van der Waals surface area contributed by atoms with Crippen molar-refractivity contribution in [1.82, 2.24) is 0 Å². The Labute approximate surface area is 81.1 Å². The van der Waals surface area contributed by atoms with E-state index in [0.29, 0.717) is 10.8 Å². The average molecular weight is 201 g/mol. The Bertz CT molecular complexity index is 323. The summed E-state index contributed by atoms with van der Waals surface area (Å²) in [5.74, 6) is -0.0536. The molecule has 1 aromatic carbocycles. The van der Waals surface area contributed by atoms with E-state index in [1.807, 2.05) is 0 Å². The van der Waals surface area contributed by atoms with E-state index in [0.717, 1.165) is 5.56 Å². The Hall–Kier alpha value is -1.22. The SMILES string of the molecule is CC(=O)OOc1cccc(Cl)c1C. The Morgan fingerprint density at radius 1 is 1.46 bits per heavy atom. The zero-order chi connectivity index (χ0) is 9.84. The van der Waals surface area contributed by atoms with E-state index in [2.05, 4.69) is 4.89 Å². The van der Waals surface area contributed by atoms with Crippen LogP contribution >= 0.6 is 11.6 Å². The number of benzene rings is 1. The van der Waals surface area contributed by atoms with Crippen LogP contribution < -0.4 is 4.89 Å². The van der Waals surface area contributed by atoms with Crippen LogP contribution in [0.25, 0.3) is 0 Å². The summed E-state index contributed by atoms with van der Waals surface area (Å²) in [5, 5.41) is 0.574. The Balaban J connectivity index is 2.77. The van der Waals surface area contributed by atoms with Gasteiger partial charge in [-0.1, -0.05) is 17.7 Å². The molecule has 0 N–H and O–H groups in total. The first kappa shape index (κ1) is 9.86. The molecule has 13 heavy (non-hydrogen) atoms. The molecule has 0 spiro atoms. The second-order valence-electron chi connectivity index (χ2n) is 2.52. The van der Waals surface area contributed by atoms with Gasteiger partial charge in [-0.25, -0.2) is 4.79 Å². The van der Waals surface area contributed by atoms with Gasteiger partial charge in [-0.05, 0) is 19.1 Å². The number of halogens is 1. The molecule has 1 rings (SSSR count). The van der Waals surface area contributed by atoms with Crippen molar-refractivity contribution in [3.63, 3.8) is 0 Å². The molecule has 1 aromatic rings. The molecule has 0 aliphatic carbocycles. The highest BCUT2D eigenvalue weighted by Crippen LogP contribution is 2.24. The highest BCUT2D eigenvalue weighted by atomic mass is 35.5. The summed E-state index contributed by atoms with van der Waals surface area (Å²) in [5.41, 5.74) is 0.741. The van der Waals surface area contributed by atoms with Crippen molar-refractivity contribution in [1.29, 1.82) is 0 Å². The monoisotopic (exact) mass is 200 g/mol. The van der Waals surface area contributed by atoms with E-state index in [1.54, 1.807) is 25.1 Å². The van der Waals surface area contributed by atoms with Crippen molar-refractivity contribution in [2.24, 2.45) is 0 Å². The van der Waals surface area contributed by atoms with Crippen molar-refractivity contribution in [3.8, 4) is 5.75 Å². The molecule has 4 heteroatoms. The fourth-order valence-corrected chi connectivity index (χ4v) is 0.947. The molecule has 0 aromatic heterocycles. The van der Waals surface area contributed by atoms with Gasteiger partial charge in [-0.2, -0.15) is 0 Å². The summed E-state index contributed by atoms with van der Waals surface area (Å²) in [6.45, 7) is 3.04. The van der Waals surface area contributed by atoms with E-state index < -0.39 is 5.97 Å². The molecule has 0 radical (unpaired) electrons. The first-order chi connectivity index (χ1) is 6.11. The standard InChI is InChI=1S/C9H9ClO3/c1-6-8(10)4-3-5-9(6)13-12-7(2)11/h3-5H,1-2H3. The predicted octanol–water partition coefficient (Wildman–Crippen LogP) is 2.51. The summed E-state index contributed by atoms with van der Waals surface area (Å²) in [7, 11) is 0. The third-order valence-corrected chi connectivity index (χ3v) is 1.88. The number of carbonyl (C=O) groups is 1. The number of carbonyl (C=O) groups excluding carboxylic acids is 1. The number of rotatable bonds is 2. The Morgan fingerprint density at radius 3 is 2.77 bits per heavy atom. The zero-order valence-corrected chi connectivity index (χ0v) is 8.09. The van der Waals surface area contributed by atoms with Gasteiger partial charge in [0.1, 0.15) is 0 Å². The van der Waals surface area contributed by atoms with Gasteiger partial charge < -0.3 is 0 Å². The molecule has 0 heterocycles. The van der Waals surface area contributed by atoms with Crippen LogP contribution in [-0.2, 0) is 9.68 Å². The molecule has 70 valence electrons. The lowest BCUT2D eigenvalue weighted by Gasteiger charge is -2.05. The van der Waals surface area contributed by atoms with Crippen LogP contribution in [-0.4, -0.2) is 5.97 Å². The Kier molecular flexibility index (Phi) is 3.14. The van der Waals surface area contributed by atoms with Crippen LogP contribution in [0.1, 0.15) is 12.5 Å². The summed E-state index contributed by atoms with van der Waals surface area (Å²) in [6, 6.07) is 5.12. The van der Waals surface area contributed by atoms with Crippen LogP contribution in [0.3, 0.4) is 0 Å². The molecule has 0 unspecified atom stereocenters. The van der Waals surface area contributed by atoms with Gasteiger partial charge in [-0.3, -0.25) is 9.78 Å². The van der Waals surface area contributed by atoms with E-state index >= 15 is 0 Å². The minimum absolute atomic E-state index is 0.447. The summed E-state index contributed by atoms with van der Waals surface area (Å²) < 4.78 is 0. The molecule has 0 aliphatic rings. The van der Waals surface area contributed by atoms with E-state index in [9.17, 15) is 4.79 Å². The fraction of sp³-hybridized carbons (Fsp3) is 0.222. The lowest BCUT2D eigenvalue weighted by Crippen LogP contribution is -2.03. The van der Waals surface area contributed by atoms with Crippen molar-refractivity contribution in [2.45, 2.75) is 13.8 Å². The minimum Gasteiger partial charge on any atom is -0.287 e. The first-order valence-corrected chi connectivity index (χ1v) is 4.09.